The highest BCUT2D eigenvalue weighted by Crippen LogP contribution is 2.21. The van der Waals surface area contributed by atoms with Crippen molar-refractivity contribution < 1.29 is 4.79 Å². The summed E-state index contributed by atoms with van der Waals surface area (Å²) in [4.78, 5) is 23.0. The molecule has 1 amide bonds. The largest absolute Gasteiger partial charge is 0.375 e. The van der Waals surface area contributed by atoms with Crippen LogP contribution < -0.4 is 5.73 Å². The third-order valence-corrected chi connectivity index (χ3v) is 3.67. The molecule has 100 valence electrons. The first-order valence-electron chi connectivity index (χ1n) is 5.88. The second-order valence-electron chi connectivity index (χ2n) is 4.40. The van der Waals surface area contributed by atoms with Crippen LogP contribution in [0.2, 0.25) is 0 Å². The first-order valence-corrected chi connectivity index (χ1v) is 6.70. The number of rotatable bonds is 3. The fraction of sp³-hybridized carbons (Fsp3) is 0.308. The Hall–Kier alpha value is -1.95. The fourth-order valence-corrected chi connectivity index (χ4v) is 2.62. The van der Waals surface area contributed by atoms with Gasteiger partial charge in [-0.2, -0.15) is 0 Å². The molecule has 0 aromatic carbocycles. The van der Waals surface area contributed by atoms with Crippen molar-refractivity contribution in [2.24, 2.45) is 0 Å². The highest BCUT2D eigenvalue weighted by Gasteiger charge is 2.18. The first kappa shape index (κ1) is 13.5. The average Bonchev–Trinajstić information content (AvgIpc) is 2.67. The molecule has 2 rings (SSSR count). The summed E-state index contributed by atoms with van der Waals surface area (Å²) in [6, 6.07) is 5.77. The second kappa shape index (κ2) is 5.36. The van der Waals surface area contributed by atoms with Crippen LogP contribution in [0.5, 0.6) is 0 Å². The lowest BCUT2D eigenvalue weighted by atomic mass is 10.3. The Bertz CT molecular complexity index is 608. The summed E-state index contributed by atoms with van der Waals surface area (Å²) in [6.45, 7) is 4.19. The van der Waals surface area contributed by atoms with Gasteiger partial charge in [0, 0.05) is 12.7 Å². The van der Waals surface area contributed by atoms with Crippen molar-refractivity contribution in [3.63, 3.8) is 0 Å². The van der Waals surface area contributed by atoms with Crippen LogP contribution in [0.4, 0.5) is 5.13 Å². The Morgan fingerprint density at radius 3 is 2.68 bits per heavy atom. The number of pyridine rings is 1. The van der Waals surface area contributed by atoms with Gasteiger partial charge in [0.2, 0.25) is 0 Å². The molecule has 0 radical (unpaired) electrons. The zero-order valence-corrected chi connectivity index (χ0v) is 12.0. The topological polar surface area (TPSA) is 72.1 Å². The van der Waals surface area contributed by atoms with Gasteiger partial charge in [0.05, 0.1) is 17.9 Å². The van der Waals surface area contributed by atoms with Gasteiger partial charge in [-0.25, -0.2) is 4.98 Å². The van der Waals surface area contributed by atoms with Crippen LogP contribution in [0.15, 0.2) is 18.2 Å². The summed E-state index contributed by atoms with van der Waals surface area (Å²) in [5.41, 5.74) is 8.10. The zero-order chi connectivity index (χ0) is 14.0. The molecule has 0 aliphatic heterocycles. The molecule has 0 fully saturated rings. The number of nitrogens with two attached hydrogens (primary N) is 1. The molecule has 0 aliphatic rings. The van der Waals surface area contributed by atoms with Gasteiger partial charge in [0.15, 0.2) is 5.13 Å². The highest BCUT2D eigenvalue weighted by molar-refractivity contribution is 7.17. The minimum Gasteiger partial charge on any atom is -0.375 e. The van der Waals surface area contributed by atoms with Crippen molar-refractivity contribution in [1.29, 1.82) is 0 Å². The molecule has 0 saturated heterocycles. The number of nitrogens with zero attached hydrogens (tertiary/aromatic N) is 3. The first-order chi connectivity index (χ1) is 8.97. The van der Waals surface area contributed by atoms with E-state index < -0.39 is 0 Å². The number of thiazole rings is 1. The van der Waals surface area contributed by atoms with Crippen molar-refractivity contribution in [3.05, 3.63) is 40.2 Å². The fourth-order valence-electron chi connectivity index (χ4n) is 1.79. The molecule has 2 aromatic rings. The Morgan fingerprint density at radius 1 is 1.37 bits per heavy atom. The van der Waals surface area contributed by atoms with Crippen molar-refractivity contribution in [3.8, 4) is 0 Å². The quantitative estimate of drug-likeness (QED) is 0.930. The lowest BCUT2D eigenvalue weighted by molar-refractivity contribution is 0.0787. The number of amides is 1. The van der Waals surface area contributed by atoms with Gasteiger partial charge < -0.3 is 10.6 Å². The van der Waals surface area contributed by atoms with Crippen molar-refractivity contribution >= 4 is 22.4 Å². The van der Waals surface area contributed by atoms with E-state index in [0.29, 0.717) is 22.2 Å². The number of nitrogen functional groups attached to an aromatic ring is 1. The van der Waals surface area contributed by atoms with Crippen LogP contribution >= 0.6 is 11.3 Å². The maximum absolute atomic E-state index is 12.3. The molecule has 2 heterocycles. The van der Waals surface area contributed by atoms with Crippen LogP contribution in [0.25, 0.3) is 0 Å². The number of carbonyl (C=O) groups excluding carboxylic acids is 1. The summed E-state index contributed by atoms with van der Waals surface area (Å²) in [7, 11) is 1.75. The number of anilines is 1. The van der Waals surface area contributed by atoms with E-state index in [0.717, 1.165) is 11.4 Å². The molecular formula is C13H16N4OS. The van der Waals surface area contributed by atoms with Crippen LogP contribution in [-0.4, -0.2) is 27.8 Å². The van der Waals surface area contributed by atoms with E-state index in [-0.39, 0.29) is 5.91 Å². The van der Waals surface area contributed by atoms with Gasteiger partial charge in [-0.05, 0) is 26.0 Å². The molecular weight excluding hydrogens is 260 g/mol. The molecule has 19 heavy (non-hydrogen) atoms. The third kappa shape index (κ3) is 3.08. The summed E-state index contributed by atoms with van der Waals surface area (Å²) in [5, 5.41) is 0.419. The molecule has 0 spiro atoms. The number of hydrogen-bond donors (Lipinski definition) is 1. The minimum absolute atomic E-state index is 0.0741. The molecule has 2 aromatic heterocycles. The molecule has 0 unspecified atom stereocenters. The smallest absolute Gasteiger partial charge is 0.266 e. The van der Waals surface area contributed by atoms with Gasteiger partial charge in [-0.3, -0.25) is 9.78 Å². The molecule has 0 bridgehead atoms. The predicted octanol–water partition coefficient (Wildman–Crippen LogP) is 2.01. The Labute approximate surface area is 116 Å². The van der Waals surface area contributed by atoms with E-state index in [9.17, 15) is 4.79 Å². The third-order valence-electron chi connectivity index (χ3n) is 2.70. The summed E-state index contributed by atoms with van der Waals surface area (Å²) in [6.07, 6.45) is 0. The van der Waals surface area contributed by atoms with Gasteiger partial charge in [0.1, 0.15) is 4.88 Å². The molecule has 0 aliphatic carbocycles. The van der Waals surface area contributed by atoms with Crippen molar-refractivity contribution in [2.75, 3.05) is 12.8 Å². The molecule has 0 atom stereocenters. The number of hydrogen-bond acceptors (Lipinski definition) is 5. The summed E-state index contributed by atoms with van der Waals surface area (Å²) < 4.78 is 0. The molecule has 2 N–H and O–H groups in total. The lowest BCUT2D eigenvalue weighted by Gasteiger charge is -2.16. The maximum Gasteiger partial charge on any atom is 0.266 e. The van der Waals surface area contributed by atoms with Gasteiger partial charge in [0.25, 0.3) is 5.91 Å². The van der Waals surface area contributed by atoms with Crippen molar-refractivity contribution in [2.45, 2.75) is 20.4 Å². The Morgan fingerprint density at radius 2 is 2.11 bits per heavy atom. The van der Waals surface area contributed by atoms with Gasteiger partial charge in [-0.1, -0.05) is 17.4 Å². The SMILES string of the molecule is Cc1cccc(CN(C)C(=O)c2sc(N)nc2C)n1. The van der Waals surface area contributed by atoms with Crippen molar-refractivity contribution in [1.82, 2.24) is 14.9 Å². The molecule has 6 heteroatoms. The summed E-state index contributed by atoms with van der Waals surface area (Å²) >= 11 is 1.22. The van der Waals surface area contributed by atoms with E-state index in [1.54, 1.807) is 18.9 Å². The van der Waals surface area contributed by atoms with E-state index in [2.05, 4.69) is 9.97 Å². The van der Waals surface area contributed by atoms with E-state index in [4.69, 9.17) is 5.73 Å². The molecule has 5 nitrogen and oxygen atoms in total. The lowest BCUT2D eigenvalue weighted by Crippen LogP contribution is -2.26. The zero-order valence-electron chi connectivity index (χ0n) is 11.2. The van der Waals surface area contributed by atoms with E-state index >= 15 is 0 Å². The van der Waals surface area contributed by atoms with E-state index in [1.165, 1.54) is 11.3 Å². The predicted molar refractivity (Wildman–Crippen MR) is 76.0 cm³/mol. The van der Waals surface area contributed by atoms with Crippen LogP contribution in [0.3, 0.4) is 0 Å². The van der Waals surface area contributed by atoms with Crippen LogP contribution in [-0.2, 0) is 6.54 Å². The summed E-state index contributed by atoms with van der Waals surface area (Å²) in [5.74, 6) is -0.0741. The monoisotopic (exact) mass is 276 g/mol. The van der Waals surface area contributed by atoms with Gasteiger partial charge in [-0.15, -0.1) is 0 Å². The van der Waals surface area contributed by atoms with Gasteiger partial charge >= 0.3 is 0 Å². The van der Waals surface area contributed by atoms with E-state index in [1.807, 2.05) is 25.1 Å². The Balaban J connectivity index is 2.14. The molecule has 0 saturated carbocycles. The maximum atomic E-state index is 12.3. The second-order valence-corrected chi connectivity index (χ2v) is 5.43. The number of carbonyl (C=O) groups is 1. The van der Waals surface area contributed by atoms with Crippen LogP contribution in [0, 0.1) is 13.8 Å². The normalized spacial score (nSPS) is 10.5. The standard InChI is InChI=1S/C13H16N4OS/c1-8-5-4-6-10(15-8)7-17(3)12(18)11-9(2)16-13(14)19-11/h4-6H,7H2,1-3H3,(H2,14,16). The van der Waals surface area contributed by atoms with Crippen LogP contribution in [0.1, 0.15) is 26.8 Å². The average molecular weight is 276 g/mol. The number of aromatic nitrogens is 2. The Kier molecular flexibility index (Phi) is 3.80. The minimum atomic E-state index is -0.0741. The highest BCUT2D eigenvalue weighted by atomic mass is 32.1. The number of aryl methyl sites for hydroxylation is 2.